The Bertz CT molecular complexity index is 518. The van der Waals surface area contributed by atoms with Gasteiger partial charge < -0.3 is 10.1 Å². The molecule has 23 heavy (non-hydrogen) atoms. The standard InChI is InChI=1S/C17H27N3O2S/c1-12-8-20(9-13(2)22-12)10-15-11-23-17(18-15)19-16(21)14-6-4-3-5-7-14/h11-14H,3-10H2,1-2H3,(H,18,19,21). The Hall–Kier alpha value is -0.980. The maximum atomic E-state index is 12.3. The molecule has 128 valence electrons. The molecule has 0 spiro atoms. The van der Waals surface area contributed by atoms with Crippen LogP contribution in [-0.2, 0) is 16.1 Å². The van der Waals surface area contributed by atoms with Crippen molar-refractivity contribution in [2.24, 2.45) is 5.92 Å². The van der Waals surface area contributed by atoms with Crippen LogP contribution in [0.4, 0.5) is 5.13 Å². The Balaban J connectivity index is 1.52. The second-order valence-electron chi connectivity index (χ2n) is 6.92. The molecule has 1 N–H and O–H groups in total. The van der Waals surface area contributed by atoms with Gasteiger partial charge in [0.05, 0.1) is 17.9 Å². The summed E-state index contributed by atoms with van der Waals surface area (Å²) in [5.41, 5.74) is 1.04. The number of hydrogen-bond acceptors (Lipinski definition) is 5. The van der Waals surface area contributed by atoms with E-state index in [1.807, 2.05) is 0 Å². The molecule has 2 unspecified atom stereocenters. The van der Waals surface area contributed by atoms with E-state index in [1.165, 1.54) is 30.6 Å². The van der Waals surface area contributed by atoms with Crippen molar-refractivity contribution in [3.63, 3.8) is 0 Å². The van der Waals surface area contributed by atoms with Crippen LogP contribution in [0.3, 0.4) is 0 Å². The van der Waals surface area contributed by atoms with Gasteiger partial charge in [-0.15, -0.1) is 11.3 Å². The van der Waals surface area contributed by atoms with E-state index in [0.29, 0.717) is 0 Å². The maximum Gasteiger partial charge on any atom is 0.229 e. The van der Waals surface area contributed by atoms with E-state index < -0.39 is 0 Å². The normalized spacial score (nSPS) is 27.0. The van der Waals surface area contributed by atoms with Crippen molar-refractivity contribution in [2.75, 3.05) is 18.4 Å². The lowest BCUT2D eigenvalue weighted by Gasteiger charge is -2.34. The molecule has 1 saturated heterocycles. The van der Waals surface area contributed by atoms with Crippen LogP contribution in [-0.4, -0.2) is 41.1 Å². The van der Waals surface area contributed by atoms with Crippen LogP contribution in [0.1, 0.15) is 51.6 Å². The largest absolute Gasteiger partial charge is 0.373 e. The minimum absolute atomic E-state index is 0.152. The third-order valence-corrected chi connectivity index (χ3v) is 5.45. The van der Waals surface area contributed by atoms with Crippen molar-refractivity contribution < 1.29 is 9.53 Å². The lowest BCUT2D eigenvalue weighted by molar-refractivity contribution is -0.120. The zero-order valence-corrected chi connectivity index (χ0v) is 14.9. The molecule has 1 aliphatic carbocycles. The van der Waals surface area contributed by atoms with Gasteiger partial charge in [0.1, 0.15) is 0 Å². The summed E-state index contributed by atoms with van der Waals surface area (Å²) in [5, 5.41) is 5.81. The molecule has 2 fully saturated rings. The zero-order chi connectivity index (χ0) is 16.2. The number of ether oxygens (including phenoxy) is 1. The number of carbonyl (C=O) groups excluding carboxylic acids is 1. The first-order chi connectivity index (χ1) is 11.1. The first-order valence-electron chi connectivity index (χ1n) is 8.73. The van der Waals surface area contributed by atoms with E-state index in [9.17, 15) is 4.79 Å². The number of nitrogens with zero attached hydrogens (tertiary/aromatic N) is 2. The minimum atomic E-state index is 0.152. The van der Waals surface area contributed by atoms with Gasteiger partial charge in [0.15, 0.2) is 5.13 Å². The summed E-state index contributed by atoms with van der Waals surface area (Å²) in [6.45, 7) is 6.92. The predicted octanol–water partition coefficient (Wildman–Crippen LogP) is 3.27. The van der Waals surface area contributed by atoms with E-state index in [2.05, 4.69) is 34.4 Å². The number of rotatable bonds is 4. The SMILES string of the molecule is CC1CN(Cc2csc(NC(=O)C3CCCCC3)n2)CC(C)O1. The summed E-state index contributed by atoms with van der Waals surface area (Å²) in [5.74, 6) is 0.330. The Kier molecular flexibility index (Phi) is 5.67. The first-order valence-corrected chi connectivity index (χ1v) is 9.61. The molecule has 0 aromatic carbocycles. The van der Waals surface area contributed by atoms with Gasteiger partial charge in [0.25, 0.3) is 0 Å². The second kappa shape index (κ2) is 7.73. The lowest BCUT2D eigenvalue weighted by Crippen LogP contribution is -2.44. The lowest BCUT2D eigenvalue weighted by atomic mass is 9.89. The van der Waals surface area contributed by atoms with E-state index in [0.717, 1.165) is 43.3 Å². The smallest absolute Gasteiger partial charge is 0.229 e. The van der Waals surface area contributed by atoms with Crippen molar-refractivity contribution in [1.82, 2.24) is 9.88 Å². The molecule has 1 aromatic rings. The number of thiazole rings is 1. The zero-order valence-electron chi connectivity index (χ0n) is 14.1. The molecule has 2 aliphatic rings. The van der Waals surface area contributed by atoms with Gasteiger partial charge in [-0.1, -0.05) is 19.3 Å². The molecular formula is C17H27N3O2S. The highest BCUT2D eigenvalue weighted by Gasteiger charge is 2.24. The fourth-order valence-corrected chi connectivity index (χ4v) is 4.36. The third-order valence-electron chi connectivity index (χ3n) is 4.64. The van der Waals surface area contributed by atoms with Crippen LogP contribution in [0.2, 0.25) is 0 Å². The molecule has 6 heteroatoms. The molecule has 0 bridgehead atoms. The quantitative estimate of drug-likeness (QED) is 0.916. The molecule has 1 saturated carbocycles. The average molecular weight is 337 g/mol. The van der Waals surface area contributed by atoms with Crippen molar-refractivity contribution in [3.05, 3.63) is 11.1 Å². The molecule has 1 amide bonds. The summed E-state index contributed by atoms with van der Waals surface area (Å²) in [6.07, 6.45) is 6.19. The van der Waals surface area contributed by atoms with Crippen LogP contribution in [0, 0.1) is 5.92 Å². The minimum Gasteiger partial charge on any atom is -0.373 e. The molecule has 0 radical (unpaired) electrons. The van der Waals surface area contributed by atoms with Gasteiger partial charge in [-0.05, 0) is 26.7 Å². The number of amides is 1. The van der Waals surface area contributed by atoms with Crippen molar-refractivity contribution >= 4 is 22.4 Å². The number of carbonyl (C=O) groups is 1. The second-order valence-corrected chi connectivity index (χ2v) is 7.78. The highest BCUT2D eigenvalue weighted by atomic mass is 32.1. The van der Waals surface area contributed by atoms with Gasteiger partial charge in [-0.2, -0.15) is 0 Å². The molecule has 1 aliphatic heterocycles. The predicted molar refractivity (Wildman–Crippen MR) is 92.6 cm³/mol. The van der Waals surface area contributed by atoms with Crippen LogP contribution in [0.5, 0.6) is 0 Å². The highest BCUT2D eigenvalue weighted by molar-refractivity contribution is 7.13. The van der Waals surface area contributed by atoms with E-state index in [4.69, 9.17) is 4.74 Å². The van der Waals surface area contributed by atoms with E-state index >= 15 is 0 Å². The van der Waals surface area contributed by atoms with E-state index in [-0.39, 0.29) is 24.0 Å². The highest BCUT2D eigenvalue weighted by Crippen LogP contribution is 2.26. The first kappa shape index (κ1) is 16.9. The van der Waals surface area contributed by atoms with Crippen molar-refractivity contribution in [2.45, 2.75) is 64.7 Å². The van der Waals surface area contributed by atoms with Crippen LogP contribution in [0.15, 0.2) is 5.38 Å². The van der Waals surface area contributed by atoms with Gasteiger partial charge in [0.2, 0.25) is 5.91 Å². The maximum absolute atomic E-state index is 12.3. The Labute approximate surface area is 142 Å². The summed E-state index contributed by atoms with van der Waals surface area (Å²) < 4.78 is 5.76. The molecule has 3 rings (SSSR count). The number of morpholine rings is 1. The number of aromatic nitrogens is 1. The van der Waals surface area contributed by atoms with Crippen molar-refractivity contribution in [1.29, 1.82) is 0 Å². The molecular weight excluding hydrogens is 310 g/mol. The molecule has 1 aromatic heterocycles. The molecule has 2 heterocycles. The number of nitrogens with one attached hydrogen (secondary N) is 1. The Morgan fingerprint density at radius 2 is 2.00 bits per heavy atom. The van der Waals surface area contributed by atoms with Gasteiger partial charge in [0, 0.05) is 30.9 Å². The monoisotopic (exact) mass is 337 g/mol. The Morgan fingerprint density at radius 1 is 1.30 bits per heavy atom. The van der Waals surface area contributed by atoms with Crippen LogP contribution < -0.4 is 5.32 Å². The van der Waals surface area contributed by atoms with Crippen molar-refractivity contribution in [3.8, 4) is 0 Å². The number of hydrogen-bond donors (Lipinski definition) is 1. The van der Waals surface area contributed by atoms with Crippen LogP contribution >= 0.6 is 11.3 Å². The van der Waals surface area contributed by atoms with Crippen LogP contribution in [0.25, 0.3) is 0 Å². The number of anilines is 1. The average Bonchev–Trinajstić information content (AvgIpc) is 2.94. The van der Waals surface area contributed by atoms with Gasteiger partial charge in [-0.25, -0.2) is 4.98 Å². The van der Waals surface area contributed by atoms with E-state index in [1.54, 1.807) is 0 Å². The molecule has 5 nitrogen and oxygen atoms in total. The third kappa shape index (κ3) is 4.75. The Morgan fingerprint density at radius 3 is 2.70 bits per heavy atom. The fourth-order valence-electron chi connectivity index (χ4n) is 3.65. The van der Waals surface area contributed by atoms with Gasteiger partial charge >= 0.3 is 0 Å². The fraction of sp³-hybridized carbons (Fsp3) is 0.765. The summed E-state index contributed by atoms with van der Waals surface area (Å²) in [7, 11) is 0. The van der Waals surface area contributed by atoms with Gasteiger partial charge in [-0.3, -0.25) is 9.69 Å². The molecule has 2 atom stereocenters. The summed E-state index contributed by atoms with van der Waals surface area (Å²) in [4.78, 5) is 19.3. The topological polar surface area (TPSA) is 54.5 Å². The summed E-state index contributed by atoms with van der Waals surface area (Å²) in [6, 6.07) is 0. The summed E-state index contributed by atoms with van der Waals surface area (Å²) >= 11 is 1.53.